The number of benzene rings is 2. The molecule has 0 amide bonds. The first-order chi connectivity index (χ1) is 11.0. The minimum absolute atomic E-state index is 0.225. The summed E-state index contributed by atoms with van der Waals surface area (Å²) < 4.78 is 10.9. The number of rotatable bonds is 1. The van der Waals surface area contributed by atoms with Gasteiger partial charge in [-0.1, -0.05) is 41.4 Å². The van der Waals surface area contributed by atoms with Crippen LogP contribution in [0.3, 0.4) is 0 Å². The lowest BCUT2D eigenvalue weighted by Crippen LogP contribution is -2.46. The molecule has 7 heteroatoms. The van der Waals surface area contributed by atoms with Gasteiger partial charge in [0.1, 0.15) is 5.75 Å². The number of carbonyl (C=O) groups is 1. The van der Waals surface area contributed by atoms with E-state index in [0.717, 1.165) is 11.1 Å². The van der Waals surface area contributed by atoms with Crippen molar-refractivity contribution < 1.29 is 19.4 Å². The van der Waals surface area contributed by atoms with Crippen LogP contribution in [0.1, 0.15) is 17.0 Å². The Balaban J connectivity index is 1.89. The Hall–Kier alpha value is -2.11. The second-order valence-electron chi connectivity index (χ2n) is 5.40. The maximum Gasteiger partial charge on any atom is 0.507 e. The summed E-state index contributed by atoms with van der Waals surface area (Å²) in [6.07, 6.45) is -2.76. The van der Waals surface area contributed by atoms with Crippen LogP contribution in [0.5, 0.6) is 5.75 Å². The Bertz CT molecular complexity index is 811. The number of halogens is 2. The number of anilines is 1. The summed E-state index contributed by atoms with van der Waals surface area (Å²) in [5, 5.41) is 13.0. The van der Waals surface area contributed by atoms with E-state index in [-0.39, 0.29) is 5.92 Å². The van der Waals surface area contributed by atoms with Gasteiger partial charge in [-0.05, 0) is 18.2 Å². The molecule has 0 spiro atoms. The van der Waals surface area contributed by atoms with Crippen molar-refractivity contribution in [2.45, 2.75) is 18.2 Å². The highest BCUT2D eigenvalue weighted by molar-refractivity contribution is 6.35. The van der Waals surface area contributed by atoms with Crippen LogP contribution in [-0.4, -0.2) is 23.6 Å². The zero-order valence-electron chi connectivity index (χ0n) is 11.6. The van der Waals surface area contributed by atoms with Crippen molar-refractivity contribution in [3.63, 3.8) is 0 Å². The summed E-state index contributed by atoms with van der Waals surface area (Å²) in [5.74, 6) is 0.471. The fourth-order valence-corrected chi connectivity index (χ4v) is 3.86. The van der Waals surface area contributed by atoms with Crippen molar-refractivity contribution in [1.82, 2.24) is 0 Å². The lowest BCUT2D eigenvalue weighted by Gasteiger charge is -2.35. The summed E-state index contributed by atoms with van der Waals surface area (Å²) in [7, 11) is 0. The molecule has 0 aliphatic carbocycles. The summed E-state index contributed by atoms with van der Waals surface area (Å²) in [4.78, 5) is 11.0. The molecule has 0 radical (unpaired) electrons. The van der Waals surface area contributed by atoms with Crippen LogP contribution in [0, 0.1) is 0 Å². The minimum atomic E-state index is -1.38. The SMILES string of the molecule is O=C(O)OC1Nc2cc(Cl)cc(Cl)c2C2c3ccccc3OC12. The minimum Gasteiger partial charge on any atom is -0.483 e. The number of ether oxygens (including phenoxy) is 2. The molecule has 5 nitrogen and oxygen atoms in total. The summed E-state index contributed by atoms with van der Waals surface area (Å²) in [6, 6.07) is 10.9. The second-order valence-corrected chi connectivity index (χ2v) is 6.24. The monoisotopic (exact) mass is 351 g/mol. The molecule has 0 aromatic heterocycles. The smallest absolute Gasteiger partial charge is 0.483 e. The number of nitrogens with one attached hydrogen (secondary N) is 1. The molecular formula is C16H11Cl2NO4. The van der Waals surface area contributed by atoms with Crippen LogP contribution in [0.25, 0.3) is 0 Å². The lowest BCUT2D eigenvalue weighted by molar-refractivity contribution is 0.00574. The van der Waals surface area contributed by atoms with Crippen LogP contribution in [0.15, 0.2) is 36.4 Å². The van der Waals surface area contributed by atoms with E-state index in [1.807, 2.05) is 24.3 Å². The molecule has 0 saturated carbocycles. The topological polar surface area (TPSA) is 67.8 Å². The Labute approximate surface area is 141 Å². The molecule has 2 aromatic rings. The first kappa shape index (κ1) is 14.5. The maximum absolute atomic E-state index is 11.0. The number of hydrogen-bond donors (Lipinski definition) is 2. The highest BCUT2D eigenvalue weighted by atomic mass is 35.5. The standard InChI is InChI=1S/C16H11Cl2NO4/c17-7-5-9(18)13-10(6-7)19-15(23-16(20)21)14-12(13)8-3-1-2-4-11(8)22-14/h1-6,12,14-15,19H,(H,20,21). The van der Waals surface area contributed by atoms with Gasteiger partial charge in [0.05, 0.1) is 5.92 Å². The van der Waals surface area contributed by atoms with E-state index in [9.17, 15) is 4.79 Å². The van der Waals surface area contributed by atoms with Crippen LogP contribution in [0.2, 0.25) is 10.0 Å². The zero-order chi connectivity index (χ0) is 16.1. The third-order valence-electron chi connectivity index (χ3n) is 4.07. The van der Waals surface area contributed by atoms with E-state index in [1.165, 1.54) is 0 Å². The molecule has 2 aliphatic heterocycles. The quantitative estimate of drug-likeness (QED) is 0.748. The molecule has 2 N–H and O–H groups in total. The average Bonchev–Trinajstić information content (AvgIpc) is 2.86. The maximum atomic E-state index is 11.0. The number of carboxylic acid groups (broad SMARTS) is 1. The third kappa shape index (κ3) is 2.28. The van der Waals surface area contributed by atoms with Gasteiger partial charge in [0.25, 0.3) is 0 Å². The number of hydrogen-bond acceptors (Lipinski definition) is 4. The molecule has 4 rings (SSSR count). The van der Waals surface area contributed by atoms with Gasteiger partial charge in [-0.25, -0.2) is 4.79 Å². The zero-order valence-corrected chi connectivity index (χ0v) is 13.1. The molecule has 0 fully saturated rings. The molecule has 0 bridgehead atoms. The van der Waals surface area contributed by atoms with Crippen molar-refractivity contribution in [3.8, 4) is 5.75 Å². The predicted molar refractivity (Wildman–Crippen MR) is 85.7 cm³/mol. The summed E-state index contributed by atoms with van der Waals surface area (Å²) >= 11 is 12.5. The normalized spacial score (nSPS) is 23.8. The van der Waals surface area contributed by atoms with Crippen molar-refractivity contribution in [1.29, 1.82) is 0 Å². The Morgan fingerprint density at radius 2 is 2.04 bits per heavy atom. The van der Waals surface area contributed by atoms with Crippen LogP contribution < -0.4 is 10.1 Å². The van der Waals surface area contributed by atoms with E-state index < -0.39 is 18.5 Å². The molecule has 0 saturated heterocycles. The van der Waals surface area contributed by atoms with Gasteiger partial charge in [0.15, 0.2) is 6.10 Å². The Morgan fingerprint density at radius 1 is 1.26 bits per heavy atom. The first-order valence-electron chi connectivity index (χ1n) is 6.95. The Kier molecular flexibility index (Phi) is 3.28. The van der Waals surface area contributed by atoms with Gasteiger partial charge in [0.2, 0.25) is 6.23 Å². The van der Waals surface area contributed by atoms with E-state index in [1.54, 1.807) is 12.1 Å². The second kappa shape index (κ2) is 5.22. The summed E-state index contributed by atoms with van der Waals surface area (Å²) in [6.45, 7) is 0. The molecular weight excluding hydrogens is 341 g/mol. The van der Waals surface area contributed by atoms with E-state index >= 15 is 0 Å². The average molecular weight is 352 g/mol. The van der Waals surface area contributed by atoms with Gasteiger partial charge in [0, 0.05) is 26.9 Å². The third-order valence-corrected chi connectivity index (χ3v) is 4.61. The van der Waals surface area contributed by atoms with Crippen molar-refractivity contribution in [2.24, 2.45) is 0 Å². The molecule has 2 heterocycles. The van der Waals surface area contributed by atoms with Crippen LogP contribution in [0.4, 0.5) is 10.5 Å². The number of para-hydroxylation sites is 1. The van der Waals surface area contributed by atoms with Gasteiger partial charge in [-0.2, -0.15) is 0 Å². The highest BCUT2D eigenvalue weighted by Crippen LogP contribution is 2.51. The molecule has 2 aromatic carbocycles. The highest BCUT2D eigenvalue weighted by Gasteiger charge is 2.47. The fourth-order valence-electron chi connectivity index (χ4n) is 3.25. The predicted octanol–water partition coefficient (Wildman–Crippen LogP) is 4.33. The van der Waals surface area contributed by atoms with E-state index in [0.29, 0.717) is 21.5 Å². The van der Waals surface area contributed by atoms with Gasteiger partial charge in [-0.15, -0.1) is 0 Å². The van der Waals surface area contributed by atoms with Crippen LogP contribution >= 0.6 is 23.2 Å². The van der Waals surface area contributed by atoms with E-state index in [2.05, 4.69) is 5.32 Å². The molecule has 118 valence electrons. The Morgan fingerprint density at radius 3 is 2.83 bits per heavy atom. The molecule has 3 unspecified atom stereocenters. The van der Waals surface area contributed by atoms with Crippen LogP contribution in [-0.2, 0) is 4.74 Å². The summed E-state index contributed by atoms with van der Waals surface area (Å²) in [5.41, 5.74) is 2.43. The number of fused-ring (bicyclic) bond motifs is 5. The molecule has 2 aliphatic rings. The molecule has 3 atom stereocenters. The first-order valence-corrected chi connectivity index (χ1v) is 7.71. The van der Waals surface area contributed by atoms with Crippen molar-refractivity contribution >= 4 is 35.0 Å². The lowest BCUT2D eigenvalue weighted by atomic mass is 9.83. The van der Waals surface area contributed by atoms with Crippen molar-refractivity contribution in [2.75, 3.05) is 5.32 Å². The van der Waals surface area contributed by atoms with Gasteiger partial charge in [-0.3, -0.25) is 0 Å². The van der Waals surface area contributed by atoms with E-state index in [4.69, 9.17) is 37.8 Å². The van der Waals surface area contributed by atoms with Gasteiger partial charge >= 0.3 is 6.16 Å². The van der Waals surface area contributed by atoms with Crippen molar-refractivity contribution in [3.05, 3.63) is 57.6 Å². The van der Waals surface area contributed by atoms with Gasteiger partial charge < -0.3 is 19.9 Å². The molecule has 23 heavy (non-hydrogen) atoms. The fraction of sp³-hybridized carbons (Fsp3) is 0.188. The largest absolute Gasteiger partial charge is 0.507 e.